The first-order chi connectivity index (χ1) is 8.39. The molecular weight excluding hydrogens is 281 g/mol. The van der Waals surface area contributed by atoms with Gasteiger partial charge in [0.1, 0.15) is 0 Å². The number of hydrogen-bond donors (Lipinski definition) is 1. The van der Waals surface area contributed by atoms with Crippen LogP contribution in [0.15, 0.2) is 47.4 Å². The summed E-state index contributed by atoms with van der Waals surface area (Å²) in [6.07, 6.45) is -4.40. The molecule has 0 nitrogen and oxygen atoms in total. The predicted octanol–water partition coefficient (Wildman–Crippen LogP) is 5.31. The number of halogens is 4. The molecule has 2 aromatic rings. The van der Waals surface area contributed by atoms with Crippen molar-refractivity contribution in [1.82, 2.24) is 0 Å². The van der Waals surface area contributed by atoms with E-state index in [0.29, 0.717) is 15.5 Å². The third kappa shape index (κ3) is 2.65. The molecule has 0 aliphatic carbocycles. The number of thiol groups is 1. The van der Waals surface area contributed by atoms with Gasteiger partial charge < -0.3 is 0 Å². The summed E-state index contributed by atoms with van der Waals surface area (Å²) < 4.78 is 38.7. The second-order valence-electron chi connectivity index (χ2n) is 3.70. The van der Waals surface area contributed by atoms with Crippen molar-refractivity contribution in [2.45, 2.75) is 11.1 Å². The van der Waals surface area contributed by atoms with Crippen molar-refractivity contribution in [2.75, 3.05) is 0 Å². The van der Waals surface area contributed by atoms with E-state index in [-0.39, 0.29) is 5.56 Å². The SMILES string of the molecule is FC(F)(F)c1ccccc1-c1cc(Cl)ccc1S. The van der Waals surface area contributed by atoms with Gasteiger partial charge in [-0.2, -0.15) is 13.2 Å². The quantitative estimate of drug-likeness (QED) is 0.675. The minimum absolute atomic E-state index is 0.0810. The lowest BCUT2D eigenvalue weighted by Crippen LogP contribution is -2.07. The van der Waals surface area contributed by atoms with E-state index < -0.39 is 11.7 Å². The molecule has 0 bridgehead atoms. The van der Waals surface area contributed by atoms with Gasteiger partial charge in [-0.15, -0.1) is 12.6 Å². The minimum Gasteiger partial charge on any atom is -0.166 e. The van der Waals surface area contributed by atoms with Gasteiger partial charge in [-0.05, 0) is 35.4 Å². The molecule has 18 heavy (non-hydrogen) atoms. The van der Waals surface area contributed by atoms with Crippen LogP contribution in [-0.2, 0) is 6.18 Å². The molecule has 0 saturated heterocycles. The van der Waals surface area contributed by atoms with E-state index in [9.17, 15) is 13.2 Å². The van der Waals surface area contributed by atoms with Crippen LogP contribution < -0.4 is 0 Å². The summed E-state index contributed by atoms with van der Waals surface area (Å²) in [5, 5.41) is 0.375. The molecule has 0 fully saturated rings. The van der Waals surface area contributed by atoms with Crippen LogP contribution in [0.3, 0.4) is 0 Å². The van der Waals surface area contributed by atoms with E-state index in [1.165, 1.54) is 18.2 Å². The molecule has 0 aromatic heterocycles. The van der Waals surface area contributed by atoms with Crippen molar-refractivity contribution in [2.24, 2.45) is 0 Å². The summed E-state index contributed by atoms with van der Waals surface area (Å²) in [5.41, 5.74) is -0.237. The number of benzene rings is 2. The van der Waals surface area contributed by atoms with Crippen LogP contribution in [0, 0.1) is 0 Å². The summed E-state index contributed by atoms with van der Waals surface area (Å²) in [6.45, 7) is 0. The Bertz CT molecular complexity index is 579. The molecule has 0 radical (unpaired) electrons. The van der Waals surface area contributed by atoms with Crippen LogP contribution in [0.5, 0.6) is 0 Å². The van der Waals surface area contributed by atoms with Crippen LogP contribution in [0.2, 0.25) is 5.02 Å². The molecular formula is C13H8ClF3S. The Hall–Kier alpha value is -1.13. The zero-order valence-corrected chi connectivity index (χ0v) is 10.7. The van der Waals surface area contributed by atoms with Crippen LogP contribution in [0.4, 0.5) is 13.2 Å². The Balaban J connectivity index is 2.68. The van der Waals surface area contributed by atoms with Gasteiger partial charge >= 0.3 is 6.18 Å². The van der Waals surface area contributed by atoms with E-state index >= 15 is 0 Å². The van der Waals surface area contributed by atoms with Crippen molar-refractivity contribution in [3.63, 3.8) is 0 Å². The molecule has 94 valence electrons. The summed E-state index contributed by atoms with van der Waals surface area (Å²) in [5.74, 6) is 0. The molecule has 0 atom stereocenters. The van der Waals surface area contributed by atoms with Gasteiger partial charge in [0.2, 0.25) is 0 Å². The first kappa shape index (κ1) is 13.3. The minimum atomic E-state index is -4.40. The molecule has 0 N–H and O–H groups in total. The van der Waals surface area contributed by atoms with Gasteiger partial charge in [0, 0.05) is 9.92 Å². The number of rotatable bonds is 1. The molecule has 0 spiro atoms. The van der Waals surface area contributed by atoms with Crippen LogP contribution in [-0.4, -0.2) is 0 Å². The highest BCUT2D eigenvalue weighted by Crippen LogP contribution is 2.39. The fourth-order valence-electron chi connectivity index (χ4n) is 1.69. The molecule has 2 aromatic carbocycles. The maximum atomic E-state index is 12.9. The summed E-state index contributed by atoms with van der Waals surface area (Å²) in [4.78, 5) is 0.455. The Labute approximate surface area is 113 Å². The van der Waals surface area contributed by atoms with Crippen molar-refractivity contribution in [3.05, 3.63) is 53.1 Å². The maximum Gasteiger partial charge on any atom is 0.417 e. The van der Waals surface area contributed by atoms with Crippen molar-refractivity contribution < 1.29 is 13.2 Å². The normalized spacial score (nSPS) is 11.6. The smallest absolute Gasteiger partial charge is 0.166 e. The molecule has 0 unspecified atom stereocenters. The lowest BCUT2D eigenvalue weighted by atomic mass is 9.99. The first-order valence-corrected chi connectivity index (χ1v) is 5.87. The molecule has 0 saturated carbocycles. The third-order valence-corrected chi connectivity index (χ3v) is 3.11. The van der Waals surface area contributed by atoms with Crippen molar-refractivity contribution in [1.29, 1.82) is 0 Å². The van der Waals surface area contributed by atoms with E-state index in [1.807, 2.05) is 0 Å². The summed E-state index contributed by atoms with van der Waals surface area (Å²) in [6, 6.07) is 10.0. The van der Waals surface area contributed by atoms with Crippen molar-refractivity contribution in [3.8, 4) is 11.1 Å². The van der Waals surface area contributed by atoms with Gasteiger partial charge in [-0.3, -0.25) is 0 Å². The average molecular weight is 289 g/mol. The predicted molar refractivity (Wildman–Crippen MR) is 69.1 cm³/mol. The lowest BCUT2D eigenvalue weighted by Gasteiger charge is -2.14. The molecule has 0 aliphatic rings. The Kier molecular flexibility index (Phi) is 3.59. The van der Waals surface area contributed by atoms with Crippen LogP contribution in [0.25, 0.3) is 11.1 Å². The number of hydrogen-bond acceptors (Lipinski definition) is 1. The summed E-state index contributed by atoms with van der Waals surface area (Å²) >= 11 is 9.99. The highest BCUT2D eigenvalue weighted by molar-refractivity contribution is 7.80. The molecule has 2 rings (SSSR count). The molecule has 0 amide bonds. The lowest BCUT2D eigenvalue weighted by molar-refractivity contribution is -0.137. The fourth-order valence-corrected chi connectivity index (χ4v) is 2.12. The Morgan fingerprint density at radius 1 is 0.944 bits per heavy atom. The Morgan fingerprint density at radius 2 is 1.61 bits per heavy atom. The van der Waals surface area contributed by atoms with E-state index in [0.717, 1.165) is 6.07 Å². The Morgan fingerprint density at radius 3 is 2.28 bits per heavy atom. The average Bonchev–Trinajstić information content (AvgIpc) is 2.31. The van der Waals surface area contributed by atoms with Crippen molar-refractivity contribution >= 4 is 24.2 Å². The monoisotopic (exact) mass is 288 g/mol. The summed E-state index contributed by atoms with van der Waals surface area (Å²) in [7, 11) is 0. The van der Waals surface area contributed by atoms with Gasteiger partial charge in [-0.25, -0.2) is 0 Å². The van der Waals surface area contributed by atoms with Crippen LogP contribution in [0.1, 0.15) is 5.56 Å². The largest absolute Gasteiger partial charge is 0.417 e. The zero-order chi connectivity index (χ0) is 13.3. The molecule has 0 aliphatic heterocycles. The van der Waals surface area contributed by atoms with E-state index in [1.54, 1.807) is 18.2 Å². The van der Waals surface area contributed by atoms with E-state index in [2.05, 4.69) is 12.6 Å². The highest BCUT2D eigenvalue weighted by atomic mass is 35.5. The fraction of sp³-hybridized carbons (Fsp3) is 0.0769. The highest BCUT2D eigenvalue weighted by Gasteiger charge is 2.33. The molecule has 5 heteroatoms. The second kappa shape index (κ2) is 4.86. The third-order valence-electron chi connectivity index (χ3n) is 2.48. The van der Waals surface area contributed by atoms with Gasteiger partial charge in [0.15, 0.2) is 0 Å². The number of alkyl halides is 3. The van der Waals surface area contributed by atoms with Gasteiger partial charge in [0.05, 0.1) is 5.56 Å². The second-order valence-corrected chi connectivity index (χ2v) is 4.62. The standard InChI is InChI=1S/C13H8ClF3S/c14-8-5-6-12(18)10(7-8)9-3-1-2-4-11(9)13(15,16)17/h1-7,18H. The van der Waals surface area contributed by atoms with Gasteiger partial charge in [0.25, 0.3) is 0 Å². The zero-order valence-electron chi connectivity index (χ0n) is 9.00. The van der Waals surface area contributed by atoms with E-state index in [4.69, 9.17) is 11.6 Å². The maximum absolute atomic E-state index is 12.9. The molecule has 0 heterocycles. The first-order valence-electron chi connectivity index (χ1n) is 5.04. The topological polar surface area (TPSA) is 0 Å². The van der Waals surface area contributed by atoms with Crippen LogP contribution >= 0.6 is 24.2 Å². The van der Waals surface area contributed by atoms with Gasteiger partial charge in [-0.1, -0.05) is 29.8 Å².